The minimum Gasteiger partial charge on any atom is -0.454 e. The van der Waals surface area contributed by atoms with Crippen LogP contribution >= 0.6 is 0 Å². The topological polar surface area (TPSA) is 59.0 Å². The Labute approximate surface area is 119 Å². The normalized spacial score (nSPS) is 13.4. The molecule has 0 atom stereocenters. The Kier molecular flexibility index (Phi) is 4.18. The van der Waals surface area contributed by atoms with Crippen molar-refractivity contribution in [2.45, 2.75) is 32.2 Å². The third kappa shape index (κ3) is 3.04. The number of hydrogen-bond acceptors (Lipinski definition) is 4. The van der Waals surface area contributed by atoms with Crippen LogP contribution in [0.2, 0.25) is 0 Å². The van der Waals surface area contributed by atoms with Gasteiger partial charge in [-0.1, -0.05) is 6.07 Å². The van der Waals surface area contributed by atoms with E-state index in [4.69, 9.17) is 9.47 Å². The van der Waals surface area contributed by atoms with E-state index in [0.29, 0.717) is 12.8 Å². The number of nitrogens with zero attached hydrogens (tertiary/aromatic N) is 1. The maximum atomic E-state index is 12.1. The van der Waals surface area contributed by atoms with E-state index in [9.17, 15) is 9.90 Å². The number of hydrogen-bond donors (Lipinski definition) is 1. The van der Waals surface area contributed by atoms with Crippen molar-refractivity contribution in [3.8, 4) is 11.5 Å². The third-order valence-corrected chi connectivity index (χ3v) is 3.73. The predicted octanol–water partition coefficient (Wildman–Crippen LogP) is 1.58. The molecule has 1 aliphatic rings. The first-order valence-corrected chi connectivity index (χ1v) is 6.70. The molecular formula is C15H21NO4. The predicted molar refractivity (Wildman–Crippen MR) is 74.8 cm³/mol. The third-order valence-electron chi connectivity index (χ3n) is 3.73. The van der Waals surface area contributed by atoms with Crippen LogP contribution in [-0.2, 0) is 11.2 Å². The average molecular weight is 279 g/mol. The van der Waals surface area contributed by atoms with E-state index in [1.807, 2.05) is 32.0 Å². The average Bonchev–Trinajstić information content (AvgIpc) is 2.91. The number of rotatable bonds is 5. The van der Waals surface area contributed by atoms with Gasteiger partial charge in [-0.25, -0.2) is 0 Å². The minimum absolute atomic E-state index is 0.0155. The summed E-state index contributed by atoms with van der Waals surface area (Å²) in [6, 6.07) is 5.72. The van der Waals surface area contributed by atoms with Crippen molar-refractivity contribution >= 4 is 5.91 Å². The Morgan fingerprint density at radius 3 is 2.75 bits per heavy atom. The Hall–Kier alpha value is -1.75. The lowest BCUT2D eigenvalue weighted by Gasteiger charge is -2.34. The second kappa shape index (κ2) is 5.71. The maximum absolute atomic E-state index is 12.1. The zero-order chi connectivity index (χ0) is 14.8. The molecule has 20 heavy (non-hydrogen) atoms. The Bertz CT molecular complexity index is 499. The summed E-state index contributed by atoms with van der Waals surface area (Å²) in [5, 5.41) is 9.28. The van der Waals surface area contributed by atoms with E-state index in [-0.39, 0.29) is 19.3 Å². The molecule has 2 rings (SSSR count). The Morgan fingerprint density at radius 1 is 1.35 bits per heavy atom. The van der Waals surface area contributed by atoms with Crippen LogP contribution in [0.5, 0.6) is 11.5 Å². The highest BCUT2D eigenvalue weighted by molar-refractivity contribution is 5.77. The molecule has 0 radical (unpaired) electrons. The molecule has 0 fully saturated rings. The van der Waals surface area contributed by atoms with Crippen molar-refractivity contribution in [3.63, 3.8) is 0 Å². The molecule has 1 aromatic rings. The molecular weight excluding hydrogens is 258 g/mol. The van der Waals surface area contributed by atoms with Gasteiger partial charge in [0, 0.05) is 13.5 Å². The van der Waals surface area contributed by atoms with E-state index in [2.05, 4.69) is 0 Å². The highest BCUT2D eigenvalue weighted by atomic mass is 16.7. The largest absolute Gasteiger partial charge is 0.454 e. The quantitative estimate of drug-likeness (QED) is 0.889. The van der Waals surface area contributed by atoms with Gasteiger partial charge in [-0.2, -0.15) is 0 Å². The number of amides is 1. The van der Waals surface area contributed by atoms with Crippen LogP contribution in [0.1, 0.15) is 25.8 Å². The first kappa shape index (κ1) is 14.7. The standard InChI is InChI=1S/C15H21NO4/c1-15(2,9-17)16(3)14(18)7-5-11-4-6-12-13(8-11)20-10-19-12/h4,6,8,17H,5,7,9-10H2,1-3H3. The first-order chi connectivity index (χ1) is 9.44. The number of aliphatic hydroxyl groups is 1. The number of carbonyl (C=O) groups excluding carboxylic acids is 1. The van der Waals surface area contributed by atoms with Gasteiger partial charge in [0.15, 0.2) is 11.5 Å². The fourth-order valence-electron chi connectivity index (χ4n) is 1.96. The number of fused-ring (bicyclic) bond motifs is 1. The molecule has 0 spiro atoms. The zero-order valence-electron chi connectivity index (χ0n) is 12.2. The van der Waals surface area contributed by atoms with Gasteiger partial charge in [-0.15, -0.1) is 0 Å². The molecule has 0 bridgehead atoms. The molecule has 0 saturated heterocycles. The number of aliphatic hydroxyl groups excluding tert-OH is 1. The van der Waals surface area contributed by atoms with Gasteiger partial charge in [-0.05, 0) is 38.0 Å². The van der Waals surface area contributed by atoms with E-state index in [1.54, 1.807) is 11.9 Å². The lowest BCUT2D eigenvalue weighted by Crippen LogP contribution is -2.47. The summed E-state index contributed by atoms with van der Waals surface area (Å²) in [4.78, 5) is 13.7. The van der Waals surface area contributed by atoms with E-state index in [0.717, 1.165) is 17.1 Å². The van der Waals surface area contributed by atoms with Crippen molar-refractivity contribution < 1.29 is 19.4 Å². The number of likely N-dealkylation sites (N-methyl/N-ethyl adjacent to an activating group) is 1. The highest BCUT2D eigenvalue weighted by Crippen LogP contribution is 2.32. The molecule has 1 aromatic carbocycles. The number of ether oxygens (including phenoxy) is 2. The van der Waals surface area contributed by atoms with Crippen LogP contribution in [-0.4, -0.2) is 41.9 Å². The maximum Gasteiger partial charge on any atom is 0.231 e. The highest BCUT2D eigenvalue weighted by Gasteiger charge is 2.26. The zero-order valence-corrected chi connectivity index (χ0v) is 12.2. The molecule has 0 unspecified atom stereocenters. The van der Waals surface area contributed by atoms with E-state index in [1.165, 1.54) is 0 Å². The second-order valence-electron chi connectivity index (χ2n) is 5.61. The SMILES string of the molecule is CN(C(=O)CCc1ccc2c(c1)OCO2)C(C)(C)CO. The summed E-state index contributed by atoms with van der Waals surface area (Å²) in [6.45, 7) is 3.88. The van der Waals surface area contributed by atoms with Gasteiger partial charge in [0.1, 0.15) is 0 Å². The Morgan fingerprint density at radius 2 is 2.05 bits per heavy atom. The van der Waals surface area contributed by atoms with Gasteiger partial charge in [0.25, 0.3) is 0 Å². The van der Waals surface area contributed by atoms with Gasteiger partial charge < -0.3 is 19.5 Å². The molecule has 1 heterocycles. The summed E-state index contributed by atoms with van der Waals surface area (Å²) in [5.74, 6) is 1.50. The van der Waals surface area contributed by atoms with Crippen LogP contribution in [0.15, 0.2) is 18.2 Å². The van der Waals surface area contributed by atoms with Crippen LogP contribution < -0.4 is 9.47 Å². The van der Waals surface area contributed by atoms with Crippen LogP contribution in [0, 0.1) is 0 Å². The number of benzene rings is 1. The molecule has 1 aliphatic heterocycles. The molecule has 5 nitrogen and oxygen atoms in total. The molecule has 1 N–H and O–H groups in total. The van der Waals surface area contributed by atoms with Crippen molar-refractivity contribution in [2.75, 3.05) is 20.4 Å². The van der Waals surface area contributed by atoms with Crippen LogP contribution in [0.25, 0.3) is 0 Å². The van der Waals surface area contributed by atoms with E-state index >= 15 is 0 Å². The molecule has 0 aromatic heterocycles. The molecule has 1 amide bonds. The van der Waals surface area contributed by atoms with Gasteiger partial charge >= 0.3 is 0 Å². The molecule has 110 valence electrons. The van der Waals surface area contributed by atoms with Crippen molar-refractivity contribution in [3.05, 3.63) is 23.8 Å². The summed E-state index contributed by atoms with van der Waals surface area (Å²) < 4.78 is 10.6. The smallest absolute Gasteiger partial charge is 0.231 e. The summed E-state index contributed by atoms with van der Waals surface area (Å²) in [6.07, 6.45) is 1.04. The first-order valence-electron chi connectivity index (χ1n) is 6.70. The number of aryl methyl sites for hydroxylation is 1. The minimum atomic E-state index is -0.536. The Balaban J connectivity index is 1.94. The van der Waals surface area contributed by atoms with Gasteiger partial charge in [-0.3, -0.25) is 4.79 Å². The van der Waals surface area contributed by atoms with E-state index < -0.39 is 5.54 Å². The lowest BCUT2D eigenvalue weighted by atomic mass is 10.0. The van der Waals surface area contributed by atoms with Gasteiger partial charge in [0.2, 0.25) is 12.7 Å². The molecule has 0 aliphatic carbocycles. The second-order valence-corrected chi connectivity index (χ2v) is 5.61. The van der Waals surface area contributed by atoms with Gasteiger partial charge in [0.05, 0.1) is 12.1 Å². The van der Waals surface area contributed by atoms with Crippen LogP contribution in [0.4, 0.5) is 0 Å². The fraction of sp³-hybridized carbons (Fsp3) is 0.533. The van der Waals surface area contributed by atoms with Crippen molar-refractivity contribution in [2.24, 2.45) is 0 Å². The summed E-state index contributed by atoms with van der Waals surface area (Å²) in [7, 11) is 1.72. The van der Waals surface area contributed by atoms with Crippen molar-refractivity contribution in [1.82, 2.24) is 4.90 Å². The fourth-order valence-corrected chi connectivity index (χ4v) is 1.96. The molecule has 5 heteroatoms. The summed E-state index contributed by atoms with van der Waals surface area (Å²) >= 11 is 0. The monoisotopic (exact) mass is 279 g/mol. The number of carbonyl (C=O) groups is 1. The van der Waals surface area contributed by atoms with Crippen molar-refractivity contribution in [1.29, 1.82) is 0 Å². The molecule has 0 saturated carbocycles. The van der Waals surface area contributed by atoms with Crippen LogP contribution in [0.3, 0.4) is 0 Å². The lowest BCUT2D eigenvalue weighted by molar-refractivity contribution is -0.135. The summed E-state index contributed by atoms with van der Waals surface area (Å²) in [5.41, 5.74) is 0.504.